The summed E-state index contributed by atoms with van der Waals surface area (Å²) in [5.74, 6) is 0. The van der Waals surface area contributed by atoms with Crippen LogP contribution in [0.15, 0.2) is 42.5 Å². The smallest absolute Gasteiger partial charge is 0.170 e. The summed E-state index contributed by atoms with van der Waals surface area (Å²) in [5.41, 5.74) is 10.3. The minimum Gasteiger partial charge on any atom is -0.322 e. The molecular formula is C17H18Cl2N4. The zero-order valence-corrected chi connectivity index (χ0v) is 14.5. The SMILES string of the molecule is CC(C)(N)c1ccc(-c2ccc3[nH]nc(C#N)c3c2)cc1.Cl.Cl. The molecule has 3 rings (SSSR count). The van der Waals surface area contributed by atoms with Crippen LogP contribution >= 0.6 is 24.8 Å². The number of H-pyrrole nitrogens is 1. The van der Waals surface area contributed by atoms with Crippen molar-refractivity contribution in [3.05, 3.63) is 53.7 Å². The molecule has 1 heterocycles. The van der Waals surface area contributed by atoms with Crippen LogP contribution in [-0.4, -0.2) is 10.2 Å². The van der Waals surface area contributed by atoms with Crippen molar-refractivity contribution in [3.63, 3.8) is 0 Å². The first-order chi connectivity index (χ1) is 9.99. The van der Waals surface area contributed by atoms with Gasteiger partial charge in [0.25, 0.3) is 0 Å². The summed E-state index contributed by atoms with van der Waals surface area (Å²) in [6.07, 6.45) is 0. The predicted molar refractivity (Wildman–Crippen MR) is 98.0 cm³/mol. The van der Waals surface area contributed by atoms with E-state index >= 15 is 0 Å². The lowest BCUT2D eigenvalue weighted by Crippen LogP contribution is -2.28. The quantitative estimate of drug-likeness (QED) is 0.730. The summed E-state index contributed by atoms with van der Waals surface area (Å²) in [4.78, 5) is 0. The lowest BCUT2D eigenvalue weighted by molar-refractivity contribution is 0.554. The van der Waals surface area contributed by atoms with Gasteiger partial charge < -0.3 is 5.73 Å². The van der Waals surface area contributed by atoms with Gasteiger partial charge in [0.15, 0.2) is 5.69 Å². The van der Waals surface area contributed by atoms with Crippen molar-refractivity contribution in [2.75, 3.05) is 0 Å². The van der Waals surface area contributed by atoms with Crippen LogP contribution in [0.1, 0.15) is 25.1 Å². The number of nitrogens with zero attached hydrogens (tertiary/aromatic N) is 2. The monoisotopic (exact) mass is 348 g/mol. The molecular weight excluding hydrogens is 331 g/mol. The van der Waals surface area contributed by atoms with Crippen LogP contribution in [0.25, 0.3) is 22.0 Å². The number of nitriles is 1. The molecule has 0 aliphatic carbocycles. The number of aromatic nitrogens is 2. The Hall–Kier alpha value is -2.06. The Morgan fingerprint density at radius 1 is 1.04 bits per heavy atom. The number of hydrogen-bond donors (Lipinski definition) is 2. The number of nitrogens with one attached hydrogen (secondary N) is 1. The van der Waals surface area contributed by atoms with E-state index in [-0.39, 0.29) is 30.4 Å². The van der Waals surface area contributed by atoms with Crippen molar-refractivity contribution in [1.29, 1.82) is 5.26 Å². The highest BCUT2D eigenvalue weighted by atomic mass is 35.5. The maximum Gasteiger partial charge on any atom is 0.170 e. The molecule has 3 aromatic rings. The van der Waals surface area contributed by atoms with E-state index in [1.54, 1.807) is 0 Å². The number of hydrogen-bond acceptors (Lipinski definition) is 3. The third kappa shape index (κ3) is 3.65. The molecule has 6 heteroatoms. The van der Waals surface area contributed by atoms with Crippen molar-refractivity contribution >= 4 is 35.7 Å². The maximum atomic E-state index is 9.07. The topological polar surface area (TPSA) is 78.5 Å². The second-order valence-electron chi connectivity index (χ2n) is 5.74. The van der Waals surface area contributed by atoms with E-state index in [1.807, 2.05) is 44.2 Å². The highest BCUT2D eigenvalue weighted by molar-refractivity contribution is 5.88. The van der Waals surface area contributed by atoms with Crippen LogP contribution < -0.4 is 5.73 Å². The summed E-state index contributed by atoms with van der Waals surface area (Å²) in [5, 5.41) is 16.8. The average molecular weight is 349 g/mol. The van der Waals surface area contributed by atoms with Crippen LogP contribution in [0, 0.1) is 11.3 Å². The van der Waals surface area contributed by atoms with Crippen molar-refractivity contribution in [2.24, 2.45) is 5.73 Å². The fourth-order valence-electron chi connectivity index (χ4n) is 2.37. The second-order valence-corrected chi connectivity index (χ2v) is 5.74. The zero-order chi connectivity index (χ0) is 15.0. The summed E-state index contributed by atoms with van der Waals surface area (Å²) in [6, 6.07) is 16.2. The molecule has 4 nitrogen and oxygen atoms in total. The van der Waals surface area contributed by atoms with Crippen LogP contribution in [-0.2, 0) is 5.54 Å². The summed E-state index contributed by atoms with van der Waals surface area (Å²) in [7, 11) is 0. The number of rotatable bonds is 2. The molecule has 0 aliphatic heterocycles. The molecule has 0 aliphatic rings. The van der Waals surface area contributed by atoms with Gasteiger partial charge in [-0.25, -0.2) is 0 Å². The Morgan fingerprint density at radius 3 is 2.22 bits per heavy atom. The van der Waals surface area contributed by atoms with Crippen molar-refractivity contribution < 1.29 is 0 Å². The number of nitrogens with two attached hydrogens (primary N) is 1. The molecule has 0 spiro atoms. The first kappa shape index (κ1) is 19.0. The normalized spacial score (nSPS) is 10.5. The Morgan fingerprint density at radius 2 is 1.65 bits per heavy atom. The van der Waals surface area contributed by atoms with Gasteiger partial charge in [-0.3, -0.25) is 5.10 Å². The highest BCUT2D eigenvalue weighted by Gasteiger charge is 2.13. The third-order valence-corrected chi connectivity index (χ3v) is 3.63. The van der Waals surface area contributed by atoms with Crippen LogP contribution in [0.4, 0.5) is 0 Å². The number of halogens is 2. The van der Waals surface area contributed by atoms with Crippen molar-refractivity contribution in [3.8, 4) is 17.2 Å². The van der Waals surface area contributed by atoms with E-state index in [1.165, 1.54) is 0 Å². The van der Waals surface area contributed by atoms with Crippen LogP contribution in [0.2, 0.25) is 0 Å². The first-order valence-corrected chi connectivity index (χ1v) is 6.77. The molecule has 0 fully saturated rings. The molecule has 23 heavy (non-hydrogen) atoms. The van der Waals surface area contributed by atoms with Gasteiger partial charge in [-0.2, -0.15) is 10.4 Å². The summed E-state index contributed by atoms with van der Waals surface area (Å²) < 4.78 is 0. The van der Waals surface area contributed by atoms with E-state index in [9.17, 15) is 0 Å². The largest absolute Gasteiger partial charge is 0.322 e. The van der Waals surface area contributed by atoms with Crippen molar-refractivity contribution in [1.82, 2.24) is 10.2 Å². The summed E-state index contributed by atoms with van der Waals surface area (Å²) in [6.45, 7) is 3.97. The molecule has 0 amide bonds. The molecule has 0 atom stereocenters. The number of benzene rings is 2. The maximum absolute atomic E-state index is 9.07. The van der Waals surface area contributed by atoms with E-state index in [4.69, 9.17) is 11.0 Å². The molecule has 0 saturated carbocycles. The fraction of sp³-hybridized carbons (Fsp3) is 0.176. The zero-order valence-electron chi connectivity index (χ0n) is 12.8. The predicted octanol–water partition coefficient (Wildman–Crippen LogP) is 4.14. The standard InChI is InChI=1S/C17H16N4.2ClH/c1-17(2,19)13-6-3-11(4-7-13)12-5-8-15-14(9-12)16(10-18)21-20-15;;/h3-9H,19H2,1-2H3,(H,20,21);2*1H. The Labute approximate surface area is 147 Å². The molecule has 0 bridgehead atoms. The number of aromatic amines is 1. The molecule has 120 valence electrons. The summed E-state index contributed by atoms with van der Waals surface area (Å²) >= 11 is 0. The Kier molecular flexibility index (Phi) is 5.79. The molecule has 0 radical (unpaired) electrons. The van der Waals surface area contributed by atoms with Gasteiger partial charge in [0.1, 0.15) is 6.07 Å². The van der Waals surface area contributed by atoms with E-state index in [2.05, 4.69) is 28.4 Å². The van der Waals surface area contributed by atoms with Gasteiger partial charge in [-0.05, 0) is 42.7 Å². The third-order valence-electron chi connectivity index (χ3n) is 3.63. The lowest BCUT2D eigenvalue weighted by atomic mass is 9.93. The fourth-order valence-corrected chi connectivity index (χ4v) is 2.37. The second kappa shape index (κ2) is 7.01. The van der Waals surface area contributed by atoms with Crippen molar-refractivity contribution in [2.45, 2.75) is 19.4 Å². The van der Waals surface area contributed by atoms with Gasteiger partial charge in [0.2, 0.25) is 0 Å². The van der Waals surface area contributed by atoms with E-state index < -0.39 is 0 Å². The van der Waals surface area contributed by atoms with Crippen LogP contribution in [0.3, 0.4) is 0 Å². The number of fused-ring (bicyclic) bond motifs is 1. The Bertz CT molecular complexity index is 840. The van der Waals surface area contributed by atoms with E-state index in [0.717, 1.165) is 27.6 Å². The molecule has 2 aromatic carbocycles. The van der Waals surface area contributed by atoms with Gasteiger partial charge in [-0.1, -0.05) is 30.3 Å². The first-order valence-electron chi connectivity index (χ1n) is 6.77. The Balaban J connectivity index is 0.00000132. The molecule has 0 unspecified atom stereocenters. The highest BCUT2D eigenvalue weighted by Crippen LogP contribution is 2.27. The molecule has 3 N–H and O–H groups in total. The minimum atomic E-state index is -0.346. The van der Waals surface area contributed by atoms with Crippen LogP contribution in [0.5, 0.6) is 0 Å². The van der Waals surface area contributed by atoms with Gasteiger partial charge >= 0.3 is 0 Å². The minimum absolute atomic E-state index is 0. The van der Waals surface area contributed by atoms with Gasteiger partial charge in [0.05, 0.1) is 5.52 Å². The molecule has 1 aromatic heterocycles. The average Bonchev–Trinajstić information content (AvgIpc) is 2.88. The lowest BCUT2D eigenvalue weighted by Gasteiger charge is -2.19. The van der Waals surface area contributed by atoms with E-state index in [0.29, 0.717) is 5.69 Å². The van der Waals surface area contributed by atoms with Gasteiger partial charge in [-0.15, -0.1) is 24.8 Å². The molecule has 0 saturated heterocycles. The van der Waals surface area contributed by atoms with Gasteiger partial charge in [0, 0.05) is 10.9 Å².